The number of nitro groups is 1. The largest absolute Gasteiger partial charge is 0.497 e. The predicted molar refractivity (Wildman–Crippen MR) is 74.0 cm³/mol. The summed E-state index contributed by atoms with van der Waals surface area (Å²) < 4.78 is 24.1. The van der Waals surface area contributed by atoms with Crippen molar-refractivity contribution in [3.05, 3.63) is 57.9 Å². The molecule has 2 rings (SSSR count). The molecule has 2 aromatic carbocycles. The summed E-state index contributed by atoms with van der Waals surface area (Å²) >= 11 is 0. The van der Waals surface area contributed by atoms with Crippen LogP contribution in [0.2, 0.25) is 0 Å². The minimum absolute atomic E-state index is 0.0984. The van der Waals surface area contributed by atoms with E-state index in [1.165, 1.54) is 37.4 Å². The second-order valence-electron chi connectivity index (χ2n) is 4.16. The zero-order valence-electron chi connectivity index (χ0n) is 11.2. The molecule has 0 aromatic heterocycles. The number of nitrogens with zero attached hydrogens (tertiary/aromatic N) is 1. The molecule has 0 spiro atoms. The fourth-order valence-corrected chi connectivity index (χ4v) is 1.73. The maximum Gasteiger partial charge on any atom is 0.311 e. The Morgan fingerprint density at radius 1 is 1.24 bits per heavy atom. The molecule has 0 unspecified atom stereocenters. The molecular formula is C14H13FN2O4. The van der Waals surface area contributed by atoms with E-state index in [1.54, 1.807) is 6.07 Å². The van der Waals surface area contributed by atoms with Gasteiger partial charge < -0.3 is 15.2 Å². The third-order valence-corrected chi connectivity index (χ3v) is 2.82. The van der Waals surface area contributed by atoms with Crippen LogP contribution in [0.3, 0.4) is 0 Å². The highest BCUT2D eigenvalue weighted by atomic mass is 19.1. The number of benzene rings is 2. The molecule has 0 bridgehead atoms. The van der Waals surface area contributed by atoms with Gasteiger partial charge in [0.05, 0.1) is 12.0 Å². The standard InChI is InChI=1S/C14H13FN2O4/c1-20-10-3-4-12(17(18)19)14(7-10)21-13-5-2-9(8-16)6-11(13)15/h2-7H,8,16H2,1H3. The van der Waals surface area contributed by atoms with Gasteiger partial charge in [-0.15, -0.1) is 0 Å². The van der Waals surface area contributed by atoms with Crippen LogP contribution in [0.1, 0.15) is 5.56 Å². The van der Waals surface area contributed by atoms with Crippen LogP contribution in [0.25, 0.3) is 0 Å². The van der Waals surface area contributed by atoms with Crippen LogP contribution in [0.15, 0.2) is 36.4 Å². The fraction of sp³-hybridized carbons (Fsp3) is 0.143. The topological polar surface area (TPSA) is 87.6 Å². The van der Waals surface area contributed by atoms with Crippen LogP contribution >= 0.6 is 0 Å². The average Bonchev–Trinajstić information content (AvgIpc) is 2.48. The maximum atomic E-state index is 13.9. The van der Waals surface area contributed by atoms with Gasteiger partial charge in [-0.25, -0.2) is 4.39 Å². The van der Waals surface area contributed by atoms with E-state index >= 15 is 0 Å². The number of halogens is 1. The molecule has 6 nitrogen and oxygen atoms in total. The van der Waals surface area contributed by atoms with Crippen molar-refractivity contribution in [1.29, 1.82) is 0 Å². The Morgan fingerprint density at radius 2 is 2.00 bits per heavy atom. The first-order valence-electron chi connectivity index (χ1n) is 6.04. The molecule has 0 saturated heterocycles. The van der Waals surface area contributed by atoms with E-state index in [0.717, 1.165) is 0 Å². The lowest BCUT2D eigenvalue weighted by Gasteiger charge is -2.09. The first kappa shape index (κ1) is 14.7. The number of hydrogen-bond acceptors (Lipinski definition) is 5. The van der Waals surface area contributed by atoms with Crippen molar-refractivity contribution in [1.82, 2.24) is 0 Å². The quantitative estimate of drug-likeness (QED) is 0.676. The van der Waals surface area contributed by atoms with E-state index in [1.807, 2.05) is 0 Å². The summed E-state index contributed by atoms with van der Waals surface area (Å²) in [5.41, 5.74) is 5.73. The Bertz CT molecular complexity index is 676. The summed E-state index contributed by atoms with van der Waals surface area (Å²) in [6.45, 7) is 0.191. The normalized spacial score (nSPS) is 10.2. The summed E-state index contributed by atoms with van der Waals surface area (Å²) in [6.07, 6.45) is 0. The molecule has 7 heteroatoms. The highest BCUT2D eigenvalue weighted by molar-refractivity contribution is 5.52. The van der Waals surface area contributed by atoms with Crippen molar-refractivity contribution in [3.63, 3.8) is 0 Å². The number of ether oxygens (including phenoxy) is 2. The SMILES string of the molecule is COc1ccc([N+](=O)[O-])c(Oc2ccc(CN)cc2F)c1. The van der Waals surface area contributed by atoms with Gasteiger partial charge >= 0.3 is 5.69 Å². The minimum Gasteiger partial charge on any atom is -0.497 e. The van der Waals surface area contributed by atoms with Crippen molar-refractivity contribution in [2.24, 2.45) is 5.73 Å². The number of nitro benzene ring substituents is 1. The Balaban J connectivity index is 2.40. The molecule has 0 aliphatic rings. The zero-order chi connectivity index (χ0) is 15.4. The monoisotopic (exact) mass is 292 g/mol. The molecule has 21 heavy (non-hydrogen) atoms. The molecule has 0 aliphatic carbocycles. The van der Waals surface area contributed by atoms with Crippen LogP contribution in [0.5, 0.6) is 17.2 Å². The maximum absolute atomic E-state index is 13.9. The first-order valence-corrected chi connectivity index (χ1v) is 6.04. The Labute approximate surface area is 120 Å². The minimum atomic E-state index is -0.643. The Hall–Kier alpha value is -2.67. The van der Waals surface area contributed by atoms with Crippen molar-refractivity contribution < 1.29 is 18.8 Å². The van der Waals surface area contributed by atoms with Gasteiger partial charge in [0.2, 0.25) is 5.75 Å². The van der Waals surface area contributed by atoms with E-state index in [-0.39, 0.29) is 23.7 Å². The Kier molecular flexibility index (Phi) is 4.34. The van der Waals surface area contributed by atoms with Gasteiger partial charge in [-0.3, -0.25) is 10.1 Å². The summed E-state index contributed by atoms with van der Waals surface area (Å²) in [5.74, 6) is -0.494. The lowest BCUT2D eigenvalue weighted by atomic mass is 10.2. The molecule has 2 aromatic rings. The molecule has 0 saturated carbocycles. The van der Waals surface area contributed by atoms with Crippen molar-refractivity contribution >= 4 is 5.69 Å². The molecule has 0 fully saturated rings. The molecule has 2 N–H and O–H groups in total. The van der Waals surface area contributed by atoms with Crippen molar-refractivity contribution in [2.75, 3.05) is 7.11 Å². The summed E-state index contributed by atoms with van der Waals surface area (Å²) in [6, 6.07) is 8.18. The number of nitrogens with two attached hydrogens (primary N) is 1. The summed E-state index contributed by atoms with van der Waals surface area (Å²) in [5, 5.41) is 11.0. The second kappa shape index (κ2) is 6.19. The van der Waals surface area contributed by atoms with Crippen LogP contribution in [-0.2, 0) is 6.54 Å². The molecule has 0 amide bonds. The Morgan fingerprint density at radius 3 is 2.57 bits per heavy atom. The molecular weight excluding hydrogens is 279 g/mol. The number of methoxy groups -OCH3 is 1. The van der Waals surface area contributed by atoms with Gasteiger partial charge in [0.15, 0.2) is 11.6 Å². The van der Waals surface area contributed by atoms with Crippen LogP contribution < -0.4 is 15.2 Å². The van der Waals surface area contributed by atoms with Gasteiger partial charge in [0, 0.05) is 18.7 Å². The van der Waals surface area contributed by atoms with Crippen LogP contribution in [0.4, 0.5) is 10.1 Å². The third-order valence-electron chi connectivity index (χ3n) is 2.82. The van der Waals surface area contributed by atoms with Crippen LogP contribution in [-0.4, -0.2) is 12.0 Å². The van der Waals surface area contributed by atoms with E-state index in [2.05, 4.69) is 0 Å². The van der Waals surface area contributed by atoms with Crippen LogP contribution in [0, 0.1) is 15.9 Å². The van der Waals surface area contributed by atoms with E-state index < -0.39 is 10.7 Å². The third kappa shape index (κ3) is 3.26. The molecule has 0 heterocycles. The molecule has 110 valence electrons. The average molecular weight is 292 g/mol. The summed E-state index contributed by atoms with van der Waals surface area (Å²) in [4.78, 5) is 10.4. The van der Waals surface area contributed by atoms with Crippen molar-refractivity contribution in [3.8, 4) is 17.2 Å². The highest BCUT2D eigenvalue weighted by Crippen LogP contribution is 2.35. The summed E-state index contributed by atoms with van der Waals surface area (Å²) in [7, 11) is 1.42. The fourth-order valence-electron chi connectivity index (χ4n) is 1.73. The van der Waals surface area contributed by atoms with E-state index in [4.69, 9.17) is 15.2 Å². The molecule has 0 radical (unpaired) electrons. The predicted octanol–water partition coefficient (Wildman–Crippen LogP) is 2.99. The van der Waals surface area contributed by atoms with Gasteiger partial charge in [0.1, 0.15) is 5.75 Å². The number of rotatable bonds is 5. The second-order valence-corrected chi connectivity index (χ2v) is 4.16. The van der Waals surface area contributed by atoms with E-state index in [0.29, 0.717) is 11.3 Å². The zero-order valence-corrected chi connectivity index (χ0v) is 11.2. The highest BCUT2D eigenvalue weighted by Gasteiger charge is 2.18. The first-order chi connectivity index (χ1) is 10.0. The van der Waals surface area contributed by atoms with E-state index in [9.17, 15) is 14.5 Å². The van der Waals surface area contributed by atoms with Gasteiger partial charge in [-0.2, -0.15) is 0 Å². The lowest BCUT2D eigenvalue weighted by molar-refractivity contribution is -0.385. The van der Waals surface area contributed by atoms with Gasteiger partial charge in [-0.1, -0.05) is 6.07 Å². The smallest absolute Gasteiger partial charge is 0.311 e. The van der Waals surface area contributed by atoms with Crippen molar-refractivity contribution in [2.45, 2.75) is 6.54 Å². The molecule has 0 aliphatic heterocycles. The lowest BCUT2D eigenvalue weighted by Crippen LogP contribution is -1.99. The molecule has 0 atom stereocenters. The number of hydrogen-bond donors (Lipinski definition) is 1. The van der Waals surface area contributed by atoms with Gasteiger partial charge in [-0.05, 0) is 23.8 Å². The van der Waals surface area contributed by atoms with Gasteiger partial charge in [0.25, 0.3) is 0 Å².